The molecule has 124 valence electrons. The van der Waals surface area contributed by atoms with Gasteiger partial charge in [-0.3, -0.25) is 4.79 Å². The van der Waals surface area contributed by atoms with Gasteiger partial charge in [-0.25, -0.2) is 0 Å². The number of carbonyl (C=O) groups is 1. The monoisotopic (exact) mass is 309 g/mol. The molecule has 5 heteroatoms. The zero-order valence-electron chi connectivity index (χ0n) is 13.9. The molecule has 1 aromatic rings. The number of benzene rings is 1. The standard InChI is InChI=1S/C17H27NO4/c1-13(19)21-10-9-14-5-7-16(8-6-14)22-12-15(20)11-18-17(2,3)4/h5-8,15,18,20H,9-12H2,1-4H3. The van der Waals surface area contributed by atoms with Crippen molar-refractivity contribution in [2.24, 2.45) is 0 Å². The molecule has 1 aromatic carbocycles. The van der Waals surface area contributed by atoms with Crippen LogP contribution in [-0.2, 0) is 16.0 Å². The molecule has 5 nitrogen and oxygen atoms in total. The number of hydrogen-bond acceptors (Lipinski definition) is 5. The van der Waals surface area contributed by atoms with Crippen LogP contribution in [0.1, 0.15) is 33.3 Å². The maximum atomic E-state index is 10.7. The third-order valence-corrected chi connectivity index (χ3v) is 2.93. The molecule has 0 aliphatic carbocycles. The van der Waals surface area contributed by atoms with Gasteiger partial charge < -0.3 is 19.9 Å². The second-order valence-electron chi connectivity index (χ2n) is 6.33. The van der Waals surface area contributed by atoms with Crippen molar-refractivity contribution in [3.63, 3.8) is 0 Å². The molecule has 0 aliphatic heterocycles. The molecule has 0 saturated heterocycles. The lowest BCUT2D eigenvalue weighted by molar-refractivity contribution is -0.140. The van der Waals surface area contributed by atoms with E-state index in [-0.39, 0.29) is 18.1 Å². The summed E-state index contributed by atoms with van der Waals surface area (Å²) >= 11 is 0. The summed E-state index contributed by atoms with van der Waals surface area (Å²) in [6.07, 6.45) is 0.126. The average Bonchev–Trinajstić information content (AvgIpc) is 2.43. The van der Waals surface area contributed by atoms with E-state index in [1.807, 2.05) is 24.3 Å². The maximum Gasteiger partial charge on any atom is 0.302 e. The fourth-order valence-electron chi connectivity index (χ4n) is 1.74. The van der Waals surface area contributed by atoms with Gasteiger partial charge in [0, 0.05) is 25.4 Å². The molecule has 0 saturated carbocycles. The third-order valence-electron chi connectivity index (χ3n) is 2.93. The Morgan fingerprint density at radius 1 is 1.27 bits per heavy atom. The van der Waals surface area contributed by atoms with Crippen molar-refractivity contribution < 1.29 is 19.4 Å². The van der Waals surface area contributed by atoms with E-state index in [9.17, 15) is 9.90 Å². The summed E-state index contributed by atoms with van der Waals surface area (Å²) in [5.41, 5.74) is 1.05. The van der Waals surface area contributed by atoms with Gasteiger partial charge in [-0.1, -0.05) is 12.1 Å². The number of nitrogens with one attached hydrogen (secondary N) is 1. The summed E-state index contributed by atoms with van der Waals surface area (Å²) in [7, 11) is 0. The fourth-order valence-corrected chi connectivity index (χ4v) is 1.74. The zero-order valence-corrected chi connectivity index (χ0v) is 13.9. The average molecular weight is 309 g/mol. The zero-order chi connectivity index (χ0) is 16.6. The summed E-state index contributed by atoms with van der Waals surface area (Å²) in [5, 5.41) is 13.1. The van der Waals surface area contributed by atoms with E-state index in [1.165, 1.54) is 6.92 Å². The lowest BCUT2D eigenvalue weighted by Gasteiger charge is -2.23. The molecule has 0 fully saturated rings. The topological polar surface area (TPSA) is 67.8 Å². The number of rotatable bonds is 8. The number of ether oxygens (including phenoxy) is 2. The first-order valence-corrected chi connectivity index (χ1v) is 7.54. The normalized spacial score (nSPS) is 12.8. The van der Waals surface area contributed by atoms with Gasteiger partial charge in [-0.2, -0.15) is 0 Å². The minimum Gasteiger partial charge on any atom is -0.491 e. The third kappa shape index (κ3) is 8.64. The van der Waals surface area contributed by atoms with Gasteiger partial charge >= 0.3 is 5.97 Å². The Morgan fingerprint density at radius 3 is 2.45 bits per heavy atom. The van der Waals surface area contributed by atoms with Crippen LogP contribution in [-0.4, -0.2) is 42.5 Å². The smallest absolute Gasteiger partial charge is 0.302 e. The molecule has 0 heterocycles. The predicted octanol–water partition coefficient (Wildman–Crippen LogP) is 1.92. The Morgan fingerprint density at radius 2 is 1.91 bits per heavy atom. The molecule has 0 spiro atoms. The Bertz CT molecular complexity index is 451. The molecule has 0 aromatic heterocycles. The molecule has 22 heavy (non-hydrogen) atoms. The SMILES string of the molecule is CC(=O)OCCc1ccc(OCC(O)CNC(C)(C)C)cc1. The van der Waals surface area contributed by atoms with Gasteiger partial charge in [0.25, 0.3) is 0 Å². The van der Waals surface area contributed by atoms with Crippen molar-refractivity contribution in [1.29, 1.82) is 0 Å². The van der Waals surface area contributed by atoms with Gasteiger partial charge in [0.15, 0.2) is 0 Å². The van der Waals surface area contributed by atoms with Crippen molar-refractivity contribution in [1.82, 2.24) is 5.32 Å². The van der Waals surface area contributed by atoms with Crippen LogP contribution in [0.25, 0.3) is 0 Å². The first-order valence-electron chi connectivity index (χ1n) is 7.54. The van der Waals surface area contributed by atoms with Gasteiger partial charge in [-0.15, -0.1) is 0 Å². The van der Waals surface area contributed by atoms with Gasteiger partial charge in [0.2, 0.25) is 0 Å². The van der Waals surface area contributed by atoms with E-state index in [0.29, 0.717) is 25.3 Å². The number of β-amino-alcohol motifs (C(OH)–C–C–N with tert-alkyl or cyclic N) is 1. The van der Waals surface area contributed by atoms with Gasteiger partial charge in [0.05, 0.1) is 6.61 Å². The minimum atomic E-state index is -0.553. The Hall–Kier alpha value is -1.59. The highest BCUT2D eigenvalue weighted by Gasteiger charge is 2.12. The maximum absolute atomic E-state index is 10.7. The molecule has 0 bridgehead atoms. The van der Waals surface area contributed by atoms with Crippen LogP contribution >= 0.6 is 0 Å². The number of carbonyl (C=O) groups excluding carboxylic acids is 1. The number of hydrogen-bond donors (Lipinski definition) is 2. The van der Waals surface area contributed by atoms with Crippen LogP contribution in [0.3, 0.4) is 0 Å². The van der Waals surface area contributed by atoms with Gasteiger partial charge in [-0.05, 0) is 38.5 Å². The molecule has 0 radical (unpaired) electrons. The Kier molecular flexibility index (Phi) is 7.35. The van der Waals surface area contributed by atoms with Crippen molar-refractivity contribution in [3.8, 4) is 5.75 Å². The van der Waals surface area contributed by atoms with E-state index in [2.05, 4.69) is 26.1 Å². The van der Waals surface area contributed by atoms with Crippen LogP contribution < -0.4 is 10.1 Å². The highest BCUT2D eigenvalue weighted by molar-refractivity contribution is 5.65. The summed E-state index contributed by atoms with van der Waals surface area (Å²) < 4.78 is 10.5. The van der Waals surface area contributed by atoms with Crippen molar-refractivity contribution in [3.05, 3.63) is 29.8 Å². The summed E-state index contributed by atoms with van der Waals surface area (Å²) in [4.78, 5) is 10.7. The van der Waals surface area contributed by atoms with Crippen molar-refractivity contribution in [2.75, 3.05) is 19.8 Å². The first kappa shape index (κ1) is 18.5. The van der Waals surface area contributed by atoms with E-state index < -0.39 is 6.10 Å². The summed E-state index contributed by atoms with van der Waals surface area (Å²) in [5.74, 6) is 0.448. The number of aliphatic hydroxyl groups excluding tert-OH is 1. The van der Waals surface area contributed by atoms with Crippen LogP contribution in [0.2, 0.25) is 0 Å². The quantitative estimate of drug-likeness (QED) is 0.718. The summed E-state index contributed by atoms with van der Waals surface area (Å²) in [6, 6.07) is 7.57. The van der Waals surface area contributed by atoms with Crippen molar-refractivity contribution in [2.45, 2.75) is 45.8 Å². The highest BCUT2D eigenvalue weighted by atomic mass is 16.5. The Labute approximate surface area is 132 Å². The van der Waals surface area contributed by atoms with Crippen LogP contribution in [0.5, 0.6) is 5.75 Å². The Balaban J connectivity index is 2.30. The number of esters is 1. The highest BCUT2D eigenvalue weighted by Crippen LogP contribution is 2.13. The van der Waals surface area contributed by atoms with Crippen LogP contribution in [0.15, 0.2) is 24.3 Å². The molecule has 0 amide bonds. The fraction of sp³-hybridized carbons (Fsp3) is 0.588. The lowest BCUT2D eigenvalue weighted by atomic mass is 10.1. The van der Waals surface area contributed by atoms with Crippen LogP contribution in [0, 0.1) is 0 Å². The number of aliphatic hydroxyl groups is 1. The van der Waals surface area contributed by atoms with E-state index >= 15 is 0 Å². The van der Waals surface area contributed by atoms with Crippen molar-refractivity contribution >= 4 is 5.97 Å². The summed E-state index contributed by atoms with van der Waals surface area (Å²) in [6.45, 7) is 8.67. The van der Waals surface area contributed by atoms with E-state index in [1.54, 1.807) is 0 Å². The molecule has 2 N–H and O–H groups in total. The molecule has 1 unspecified atom stereocenters. The molecule has 0 aliphatic rings. The molecule has 1 rings (SSSR count). The minimum absolute atomic E-state index is 0.0232. The van der Waals surface area contributed by atoms with E-state index in [0.717, 1.165) is 5.56 Å². The molecule has 1 atom stereocenters. The first-order chi connectivity index (χ1) is 10.3. The predicted molar refractivity (Wildman–Crippen MR) is 86.0 cm³/mol. The largest absolute Gasteiger partial charge is 0.491 e. The van der Waals surface area contributed by atoms with Crippen LogP contribution in [0.4, 0.5) is 0 Å². The molecular weight excluding hydrogens is 282 g/mol. The molecular formula is C17H27NO4. The second kappa shape index (κ2) is 8.76. The second-order valence-corrected chi connectivity index (χ2v) is 6.33. The van der Waals surface area contributed by atoms with Gasteiger partial charge in [0.1, 0.15) is 18.5 Å². The van der Waals surface area contributed by atoms with E-state index in [4.69, 9.17) is 9.47 Å². The lowest BCUT2D eigenvalue weighted by Crippen LogP contribution is -2.42.